The normalized spacial score (nSPS) is 11.3. The van der Waals surface area contributed by atoms with Crippen LogP contribution in [-0.4, -0.2) is 11.5 Å². The van der Waals surface area contributed by atoms with Crippen molar-refractivity contribution in [1.29, 1.82) is 0 Å². The highest BCUT2D eigenvalue weighted by Crippen LogP contribution is 2.30. The number of nitrogens with zero attached hydrogens (tertiary/aromatic N) is 1. The van der Waals surface area contributed by atoms with E-state index < -0.39 is 11.6 Å². The van der Waals surface area contributed by atoms with E-state index in [0.29, 0.717) is 11.5 Å². The van der Waals surface area contributed by atoms with Crippen LogP contribution < -0.4 is 5.32 Å². The molecule has 0 amide bonds. The van der Waals surface area contributed by atoms with E-state index in [4.69, 9.17) is 0 Å². The van der Waals surface area contributed by atoms with E-state index in [9.17, 15) is 8.78 Å². The molecule has 1 N–H and O–H groups in total. The van der Waals surface area contributed by atoms with Crippen molar-refractivity contribution in [2.75, 3.05) is 6.54 Å². The highest BCUT2D eigenvalue weighted by molar-refractivity contribution is 7.15. The third-order valence-corrected chi connectivity index (χ3v) is 4.23. The minimum Gasteiger partial charge on any atom is -0.312 e. The van der Waals surface area contributed by atoms with Crippen molar-refractivity contribution in [2.45, 2.75) is 33.7 Å². The molecule has 1 aromatic heterocycles. The molecule has 5 heteroatoms. The summed E-state index contributed by atoms with van der Waals surface area (Å²) >= 11 is 1.55. The monoisotopic (exact) mass is 310 g/mol. The van der Waals surface area contributed by atoms with Crippen LogP contribution in [0.5, 0.6) is 0 Å². The van der Waals surface area contributed by atoms with Crippen molar-refractivity contribution in [1.82, 2.24) is 10.3 Å². The maximum absolute atomic E-state index is 13.4. The molecule has 0 aliphatic rings. The number of nitrogens with one attached hydrogen (secondary N) is 1. The van der Waals surface area contributed by atoms with Gasteiger partial charge in [0.15, 0.2) is 11.6 Å². The van der Waals surface area contributed by atoms with Gasteiger partial charge in [-0.25, -0.2) is 13.8 Å². The van der Waals surface area contributed by atoms with Crippen LogP contribution in [0.25, 0.3) is 10.6 Å². The fraction of sp³-hybridized carbons (Fsp3) is 0.438. The quantitative estimate of drug-likeness (QED) is 0.855. The highest BCUT2D eigenvalue weighted by atomic mass is 32.1. The molecule has 0 aliphatic carbocycles. The van der Waals surface area contributed by atoms with Crippen LogP contribution in [0.15, 0.2) is 18.2 Å². The molecule has 0 saturated heterocycles. The zero-order valence-corrected chi connectivity index (χ0v) is 13.4. The molecule has 0 bridgehead atoms. The van der Waals surface area contributed by atoms with E-state index in [1.54, 1.807) is 17.4 Å². The lowest BCUT2D eigenvalue weighted by Gasteiger charge is -2.04. The second-order valence-corrected chi connectivity index (χ2v) is 6.48. The zero-order valence-electron chi connectivity index (χ0n) is 12.5. The number of benzene rings is 1. The van der Waals surface area contributed by atoms with Crippen LogP contribution >= 0.6 is 11.3 Å². The molecule has 114 valence electrons. The van der Waals surface area contributed by atoms with Gasteiger partial charge in [0.1, 0.15) is 5.01 Å². The summed E-state index contributed by atoms with van der Waals surface area (Å²) < 4.78 is 26.4. The van der Waals surface area contributed by atoms with Crippen molar-refractivity contribution in [3.05, 3.63) is 40.4 Å². The average Bonchev–Trinajstić information content (AvgIpc) is 2.82. The molecular formula is C16H20F2N2S. The van der Waals surface area contributed by atoms with Gasteiger partial charge < -0.3 is 5.32 Å². The van der Waals surface area contributed by atoms with E-state index in [2.05, 4.69) is 31.1 Å². The Morgan fingerprint density at radius 1 is 1.24 bits per heavy atom. The molecule has 0 spiro atoms. The Morgan fingerprint density at radius 3 is 2.62 bits per heavy atom. The molecule has 0 aliphatic heterocycles. The lowest BCUT2D eigenvalue weighted by Crippen LogP contribution is -2.12. The molecule has 2 rings (SSSR count). The highest BCUT2D eigenvalue weighted by Gasteiger charge is 2.14. The Labute approximate surface area is 128 Å². The zero-order chi connectivity index (χ0) is 15.4. The lowest BCUT2D eigenvalue weighted by molar-refractivity contribution is 0.509. The van der Waals surface area contributed by atoms with Crippen LogP contribution in [0.3, 0.4) is 0 Å². The summed E-state index contributed by atoms with van der Waals surface area (Å²) in [6.07, 6.45) is 0.890. The Kier molecular flexibility index (Phi) is 5.42. The van der Waals surface area contributed by atoms with Gasteiger partial charge in [-0.2, -0.15) is 0 Å². The number of thiazole rings is 1. The number of rotatable bonds is 6. The van der Waals surface area contributed by atoms with Crippen molar-refractivity contribution in [2.24, 2.45) is 5.92 Å². The first-order valence-electron chi connectivity index (χ1n) is 7.16. The molecular weight excluding hydrogens is 290 g/mol. The number of hydrogen-bond donors (Lipinski definition) is 1. The molecule has 1 aromatic carbocycles. The Balaban J connectivity index is 2.34. The van der Waals surface area contributed by atoms with E-state index in [-0.39, 0.29) is 0 Å². The molecule has 0 unspecified atom stereocenters. The van der Waals surface area contributed by atoms with Crippen LogP contribution in [0.1, 0.15) is 31.3 Å². The number of aromatic nitrogens is 1. The van der Waals surface area contributed by atoms with Gasteiger partial charge in [0.2, 0.25) is 0 Å². The van der Waals surface area contributed by atoms with Gasteiger partial charge in [-0.15, -0.1) is 11.3 Å². The van der Waals surface area contributed by atoms with Crippen LogP contribution in [-0.2, 0) is 13.0 Å². The minimum atomic E-state index is -0.832. The SMILES string of the molecule is CCNCc1sc(-c2ccc(F)c(F)c2)nc1CC(C)C. The van der Waals surface area contributed by atoms with Crippen LogP contribution in [0, 0.1) is 17.6 Å². The van der Waals surface area contributed by atoms with Gasteiger partial charge in [0, 0.05) is 17.0 Å². The molecule has 1 heterocycles. The molecule has 0 saturated carbocycles. The van der Waals surface area contributed by atoms with E-state index >= 15 is 0 Å². The van der Waals surface area contributed by atoms with Gasteiger partial charge in [0.05, 0.1) is 5.69 Å². The summed E-state index contributed by atoms with van der Waals surface area (Å²) in [6.45, 7) is 8.00. The first kappa shape index (κ1) is 16.0. The largest absolute Gasteiger partial charge is 0.312 e. The van der Waals surface area contributed by atoms with Crippen molar-refractivity contribution < 1.29 is 8.78 Å². The van der Waals surface area contributed by atoms with E-state index in [1.807, 2.05) is 0 Å². The summed E-state index contributed by atoms with van der Waals surface area (Å²) in [5.74, 6) is -1.16. The fourth-order valence-corrected chi connectivity index (χ4v) is 3.11. The summed E-state index contributed by atoms with van der Waals surface area (Å²) in [5.41, 5.74) is 1.68. The molecule has 21 heavy (non-hydrogen) atoms. The lowest BCUT2D eigenvalue weighted by atomic mass is 10.1. The standard InChI is InChI=1S/C16H20F2N2S/c1-4-19-9-15-14(7-10(2)3)20-16(21-15)11-5-6-12(17)13(18)8-11/h5-6,8,10,19H,4,7,9H2,1-3H3. The predicted octanol–water partition coefficient (Wildman–Crippen LogP) is 4.40. The van der Waals surface area contributed by atoms with Gasteiger partial charge in [-0.05, 0) is 37.1 Å². The van der Waals surface area contributed by atoms with Gasteiger partial charge in [-0.1, -0.05) is 20.8 Å². The van der Waals surface area contributed by atoms with Gasteiger partial charge in [-0.3, -0.25) is 0 Å². The first-order valence-corrected chi connectivity index (χ1v) is 7.97. The van der Waals surface area contributed by atoms with Crippen molar-refractivity contribution in [3.8, 4) is 10.6 Å². The summed E-state index contributed by atoms with van der Waals surface area (Å²) in [4.78, 5) is 5.81. The van der Waals surface area contributed by atoms with Crippen LogP contribution in [0.4, 0.5) is 8.78 Å². The minimum absolute atomic E-state index is 0.505. The smallest absolute Gasteiger partial charge is 0.159 e. The molecule has 0 radical (unpaired) electrons. The van der Waals surface area contributed by atoms with Crippen molar-refractivity contribution in [3.63, 3.8) is 0 Å². The van der Waals surface area contributed by atoms with Crippen molar-refractivity contribution >= 4 is 11.3 Å². The Bertz CT molecular complexity index is 608. The Morgan fingerprint density at radius 2 is 2.00 bits per heavy atom. The molecule has 0 atom stereocenters. The van der Waals surface area contributed by atoms with Crippen LogP contribution in [0.2, 0.25) is 0 Å². The molecule has 0 fully saturated rings. The van der Waals surface area contributed by atoms with Gasteiger partial charge >= 0.3 is 0 Å². The first-order chi connectivity index (χ1) is 10.0. The third kappa shape index (κ3) is 4.08. The maximum Gasteiger partial charge on any atom is 0.159 e. The fourth-order valence-electron chi connectivity index (χ4n) is 2.06. The van der Waals surface area contributed by atoms with E-state index in [1.165, 1.54) is 10.9 Å². The number of halogens is 2. The topological polar surface area (TPSA) is 24.9 Å². The third-order valence-electron chi connectivity index (χ3n) is 3.08. The summed E-state index contributed by atoms with van der Waals surface area (Å²) in [7, 11) is 0. The second kappa shape index (κ2) is 7.09. The molecule has 2 nitrogen and oxygen atoms in total. The Hall–Kier alpha value is -1.33. The predicted molar refractivity (Wildman–Crippen MR) is 83.4 cm³/mol. The summed E-state index contributed by atoms with van der Waals surface area (Å²) in [6, 6.07) is 3.94. The maximum atomic E-state index is 13.4. The van der Waals surface area contributed by atoms with Gasteiger partial charge in [0.25, 0.3) is 0 Å². The average molecular weight is 310 g/mol. The number of hydrogen-bond acceptors (Lipinski definition) is 3. The van der Waals surface area contributed by atoms with E-state index in [0.717, 1.165) is 36.3 Å². The molecule has 2 aromatic rings. The summed E-state index contributed by atoms with van der Waals surface area (Å²) in [5, 5.41) is 4.05. The second-order valence-electron chi connectivity index (χ2n) is 5.40.